The van der Waals surface area contributed by atoms with Crippen LogP contribution in [0.4, 0.5) is 11.4 Å². The van der Waals surface area contributed by atoms with E-state index in [1.807, 2.05) is 0 Å². The van der Waals surface area contributed by atoms with Crippen LogP contribution in [0.1, 0.15) is 12.5 Å². The number of halogens is 1. The molecule has 0 aliphatic rings. The molecule has 0 spiro atoms. The van der Waals surface area contributed by atoms with Crippen LogP contribution in [0.3, 0.4) is 0 Å². The first-order valence-electron chi connectivity index (χ1n) is 6.95. The standard InChI is InChI=1S/C15H15ClN2O5S/c1-3-23-15-7-6-12(9-13(15)16)24(21,22)17-14-8-11(18(19)20)5-4-10(14)2/h4-9,17H,3H2,1-2H3. The zero-order chi connectivity index (χ0) is 17.9. The lowest BCUT2D eigenvalue weighted by molar-refractivity contribution is -0.384. The molecule has 0 unspecified atom stereocenters. The summed E-state index contributed by atoms with van der Waals surface area (Å²) < 4.78 is 32.6. The van der Waals surface area contributed by atoms with Crippen LogP contribution >= 0.6 is 11.6 Å². The van der Waals surface area contributed by atoms with Gasteiger partial charge in [0.15, 0.2) is 0 Å². The number of nitro benzene ring substituents is 1. The third-order valence-corrected chi connectivity index (χ3v) is 4.85. The number of benzene rings is 2. The van der Waals surface area contributed by atoms with Gasteiger partial charge >= 0.3 is 0 Å². The van der Waals surface area contributed by atoms with Gasteiger partial charge in [-0.25, -0.2) is 8.42 Å². The van der Waals surface area contributed by atoms with Crippen LogP contribution < -0.4 is 9.46 Å². The molecule has 2 aromatic rings. The lowest BCUT2D eigenvalue weighted by atomic mass is 10.2. The van der Waals surface area contributed by atoms with E-state index < -0.39 is 14.9 Å². The van der Waals surface area contributed by atoms with Crippen molar-refractivity contribution in [3.05, 3.63) is 57.1 Å². The summed E-state index contributed by atoms with van der Waals surface area (Å²) >= 11 is 6.01. The summed E-state index contributed by atoms with van der Waals surface area (Å²) in [5, 5.41) is 11.0. The Morgan fingerprint density at radius 3 is 2.54 bits per heavy atom. The minimum absolute atomic E-state index is 0.0677. The van der Waals surface area contributed by atoms with Crippen LogP contribution in [0.5, 0.6) is 5.75 Å². The predicted octanol–water partition coefficient (Wildman–Crippen LogP) is 3.76. The van der Waals surface area contributed by atoms with Gasteiger partial charge in [-0.15, -0.1) is 0 Å². The van der Waals surface area contributed by atoms with E-state index in [9.17, 15) is 18.5 Å². The van der Waals surface area contributed by atoms with Gasteiger partial charge in [0.1, 0.15) is 5.75 Å². The molecule has 0 fully saturated rings. The van der Waals surface area contributed by atoms with Crippen LogP contribution in [-0.4, -0.2) is 19.9 Å². The zero-order valence-electron chi connectivity index (χ0n) is 12.9. The number of nitro groups is 1. The fourth-order valence-corrected chi connectivity index (χ4v) is 3.41. The van der Waals surface area contributed by atoms with Crippen molar-refractivity contribution in [3.8, 4) is 5.75 Å². The van der Waals surface area contributed by atoms with Crippen LogP contribution in [0.25, 0.3) is 0 Å². The highest BCUT2D eigenvalue weighted by atomic mass is 35.5. The second kappa shape index (κ2) is 7.06. The summed E-state index contributed by atoms with van der Waals surface area (Å²) in [5.74, 6) is 0.379. The summed E-state index contributed by atoms with van der Waals surface area (Å²) in [6, 6.07) is 8.03. The lowest BCUT2D eigenvalue weighted by Crippen LogP contribution is -2.14. The Labute approximate surface area is 144 Å². The molecule has 0 aliphatic heterocycles. The number of hydrogen-bond donors (Lipinski definition) is 1. The first-order valence-corrected chi connectivity index (χ1v) is 8.81. The van der Waals surface area contributed by atoms with Crippen LogP contribution in [0, 0.1) is 17.0 Å². The molecule has 0 saturated carbocycles. The van der Waals surface area contributed by atoms with E-state index in [4.69, 9.17) is 16.3 Å². The van der Waals surface area contributed by atoms with Crippen molar-refractivity contribution in [1.82, 2.24) is 0 Å². The monoisotopic (exact) mass is 370 g/mol. The third kappa shape index (κ3) is 3.95. The predicted molar refractivity (Wildman–Crippen MR) is 91.3 cm³/mol. The van der Waals surface area contributed by atoms with E-state index in [-0.39, 0.29) is 21.3 Å². The van der Waals surface area contributed by atoms with Gasteiger partial charge in [-0.05, 0) is 37.6 Å². The van der Waals surface area contributed by atoms with E-state index in [1.54, 1.807) is 13.8 Å². The van der Waals surface area contributed by atoms with Gasteiger partial charge in [0.2, 0.25) is 0 Å². The number of non-ortho nitro benzene ring substituents is 1. The Balaban J connectivity index is 2.37. The van der Waals surface area contributed by atoms with E-state index in [1.165, 1.54) is 36.4 Å². The average molecular weight is 371 g/mol. The molecule has 0 aromatic heterocycles. The smallest absolute Gasteiger partial charge is 0.271 e. The minimum atomic E-state index is -3.95. The Morgan fingerprint density at radius 1 is 1.25 bits per heavy atom. The quantitative estimate of drug-likeness (QED) is 0.616. The van der Waals surface area contributed by atoms with Gasteiger partial charge in [0.05, 0.1) is 27.1 Å². The summed E-state index contributed by atoms with van der Waals surface area (Å²) in [4.78, 5) is 10.2. The number of aryl methyl sites for hydroxylation is 1. The number of rotatable bonds is 6. The van der Waals surface area contributed by atoms with E-state index in [0.717, 1.165) is 0 Å². The molecular weight excluding hydrogens is 356 g/mol. The van der Waals surface area contributed by atoms with Crippen molar-refractivity contribution in [1.29, 1.82) is 0 Å². The van der Waals surface area contributed by atoms with Gasteiger partial charge in [0.25, 0.3) is 15.7 Å². The largest absolute Gasteiger partial charge is 0.492 e. The van der Waals surface area contributed by atoms with Crippen molar-refractivity contribution >= 4 is 33.0 Å². The van der Waals surface area contributed by atoms with Crippen molar-refractivity contribution in [2.45, 2.75) is 18.7 Å². The molecule has 0 bridgehead atoms. The lowest BCUT2D eigenvalue weighted by Gasteiger charge is -2.12. The zero-order valence-corrected chi connectivity index (χ0v) is 14.5. The number of ether oxygens (including phenoxy) is 1. The van der Waals surface area contributed by atoms with Crippen molar-refractivity contribution in [3.63, 3.8) is 0 Å². The highest BCUT2D eigenvalue weighted by Gasteiger charge is 2.19. The average Bonchev–Trinajstić information content (AvgIpc) is 2.51. The Bertz CT molecular complexity index is 883. The number of anilines is 1. The second-order valence-corrected chi connectivity index (χ2v) is 6.98. The molecule has 0 radical (unpaired) electrons. The molecule has 0 atom stereocenters. The minimum Gasteiger partial charge on any atom is -0.492 e. The Morgan fingerprint density at radius 2 is 1.96 bits per heavy atom. The molecule has 2 rings (SSSR count). The van der Waals surface area contributed by atoms with Gasteiger partial charge in [-0.1, -0.05) is 17.7 Å². The SMILES string of the molecule is CCOc1ccc(S(=O)(=O)Nc2cc([N+](=O)[O-])ccc2C)cc1Cl. The number of nitrogens with one attached hydrogen (secondary N) is 1. The van der Waals surface area contributed by atoms with Gasteiger partial charge in [-0.3, -0.25) is 14.8 Å². The summed E-state index contributed by atoms with van der Waals surface area (Å²) in [5.41, 5.74) is 0.485. The Kier molecular flexibility index (Phi) is 5.30. The first-order chi connectivity index (χ1) is 11.2. The topological polar surface area (TPSA) is 98.5 Å². The summed E-state index contributed by atoms with van der Waals surface area (Å²) in [6.45, 7) is 3.83. The highest BCUT2D eigenvalue weighted by Crippen LogP contribution is 2.29. The maximum absolute atomic E-state index is 12.5. The molecule has 2 aromatic carbocycles. The van der Waals surface area contributed by atoms with Gasteiger partial charge in [-0.2, -0.15) is 0 Å². The molecule has 128 valence electrons. The molecule has 0 aliphatic carbocycles. The molecule has 7 nitrogen and oxygen atoms in total. The number of nitrogens with zero attached hydrogens (tertiary/aromatic N) is 1. The summed E-state index contributed by atoms with van der Waals surface area (Å²) in [7, 11) is -3.95. The van der Waals surface area contributed by atoms with Crippen LogP contribution in [-0.2, 0) is 10.0 Å². The molecule has 0 heterocycles. The van der Waals surface area contributed by atoms with E-state index in [0.29, 0.717) is 17.9 Å². The van der Waals surface area contributed by atoms with E-state index >= 15 is 0 Å². The normalized spacial score (nSPS) is 11.1. The maximum atomic E-state index is 12.5. The number of sulfonamides is 1. The van der Waals surface area contributed by atoms with E-state index in [2.05, 4.69) is 4.72 Å². The fourth-order valence-electron chi connectivity index (χ4n) is 1.96. The van der Waals surface area contributed by atoms with Gasteiger partial charge in [0, 0.05) is 12.1 Å². The van der Waals surface area contributed by atoms with Crippen molar-refractivity contribution in [2.24, 2.45) is 0 Å². The van der Waals surface area contributed by atoms with Crippen LogP contribution in [0.15, 0.2) is 41.3 Å². The molecule has 1 N–H and O–H groups in total. The maximum Gasteiger partial charge on any atom is 0.271 e. The van der Waals surface area contributed by atoms with Crippen molar-refractivity contribution < 1.29 is 18.1 Å². The molecule has 0 saturated heterocycles. The second-order valence-electron chi connectivity index (χ2n) is 4.89. The molecular formula is C15H15ClN2O5S. The van der Waals surface area contributed by atoms with Gasteiger partial charge < -0.3 is 4.74 Å². The fraction of sp³-hybridized carbons (Fsp3) is 0.200. The van der Waals surface area contributed by atoms with Crippen molar-refractivity contribution in [2.75, 3.05) is 11.3 Å². The molecule has 9 heteroatoms. The number of hydrogen-bond acceptors (Lipinski definition) is 5. The highest BCUT2D eigenvalue weighted by molar-refractivity contribution is 7.92. The van der Waals surface area contributed by atoms with Crippen LogP contribution in [0.2, 0.25) is 5.02 Å². The Hall–Kier alpha value is -2.32. The molecule has 0 amide bonds. The third-order valence-electron chi connectivity index (χ3n) is 3.19. The first kappa shape index (κ1) is 18.0. The molecule has 24 heavy (non-hydrogen) atoms. The summed E-state index contributed by atoms with van der Waals surface area (Å²) in [6.07, 6.45) is 0.